The van der Waals surface area contributed by atoms with Gasteiger partial charge < -0.3 is 19.5 Å². The Kier molecular flexibility index (Phi) is 5.34. The van der Waals surface area contributed by atoms with Crippen LogP contribution in [-0.4, -0.2) is 53.2 Å². The summed E-state index contributed by atoms with van der Waals surface area (Å²) in [7, 11) is 0. The van der Waals surface area contributed by atoms with Gasteiger partial charge in [-0.05, 0) is 31.2 Å². The third kappa shape index (κ3) is 3.95. The first-order chi connectivity index (χ1) is 15.6. The molecule has 2 aromatic heterocycles. The van der Waals surface area contributed by atoms with E-state index < -0.39 is 0 Å². The summed E-state index contributed by atoms with van der Waals surface area (Å²) in [6, 6.07) is 11.7. The van der Waals surface area contributed by atoms with Gasteiger partial charge >= 0.3 is 0 Å². The van der Waals surface area contributed by atoms with Gasteiger partial charge in [-0.2, -0.15) is 4.98 Å². The Bertz CT molecular complexity index is 1120. The Morgan fingerprint density at radius 1 is 1.06 bits per heavy atom. The van der Waals surface area contributed by atoms with Crippen LogP contribution in [0.2, 0.25) is 0 Å². The number of fused-ring (bicyclic) bond motifs is 1. The number of aryl methyl sites for hydroxylation is 1. The van der Waals surface area contributed by atoms with Crippen molar-refractivity contribution in [1.29, 1.82) is 0 Å². The number of nitrogens with one attached hydrogen (secondary N) is 1. The SMILES string of the molecule is Cc1ccc(Nc2nc(N3CCN(C=O)CC3)nc3c2C(=O)CC(c2ccco2)C3)cc1. The number of amides is 1. The minimum atomic E-state index is -0.0353. The fourth-order valence-corrected chi connectivity index (χ4v) is 4.32. The fraction of sp³-hybridized carbons (Fsp3) is 0.333. The van der Waals surface area contributed by atoms with Crippen LogP contribution in [-0.2, 0) is 11.2 Å². The van der Waals surface area contributed by atoms with Crippen LogP contribution in [0.1, 0.15) is 39.7 Å². The molecule has 0 spiro atoms. The summed E-state index contributed by atoms with van der Waals surface area (Å²) < 4.78 is 5.58. The Morgan fingerprint density at radius 3 is 2.53 bits per heavy atom. The van der Waals surface area contributed by atoms with E-state index in [4.69, 9.17) is 14.4 Å². The van der Waals surface area contributed by atoms with Gasteiger partial charge in [0.25, 0.3) is 0 Å². The molecule has 1 saturated heterocycles. The van der Waals surface area contributed by atoms with E-state index in [1.807, 2.05) is 43.3 Å². The number of ketones is 1. The van der Waals surface area contributed by atoms with Gasteiger partial charge in [0.1, 0.15) is 11.6 Å². The summed E-state index contributed by atoms with van der Waals surface area (Å²) >= 11 is 0. The largest absolute Gasteiger partial charge is 0.469 e. The molecule has 1 N–H and O–H groups in total. The first-order valence-electron chi connectivity index (χ1n) is 10.9. The molecule has 3 aromatic rings. The Hall–Kier alpha value is -3.68. The smallest absolute Gasteiger partial charge is 0.227 e. The topological polar surface area (TPSA) is 91.6 Å². The number of benzene rings is 1. The predicted molar refractivity (Wildman–Crippen MR) is 120 cm³/mol. The quantitative estimate of drug-likeness (QED) is 0.620. The monoisotopic (exact) mass is 431 g/mol. The molecule has 0 radical (unpaired) electrons. The van der Waals surface area contributed by atoms with Crippen molar-refractivity contribution in [2.45, 2.75) is 25.7 Å². The van der Waals surface area contributed by atoms with Crippen molar-refractivity contribution in [3.05, 3.63) is 65.2 Å². The van der Waals surface area contributed by atoms with Crippen LogP contribution in [0.3, 0.4) is 0 Å². The summed E-state index contributed by atoms with van der Waals surface area (Å²) in [5, 5.41) is 3.35. The highest BCUT2D eigenvalue weighted by Crippen LogP contribution is 2.36. The van der Waals surface area contributed by atoms with Crippen molar-refractivity contribution >= 4 is 29.6 Å². The van der Waals surface area contributed by atoms with Crippen molar-refractivity contribution in [2.75, 3.05) is 36.4 Å². The molecule has 32 heavy (non-hydrogen) atoms. The molecule has 1 atom stereocenters. The zero-order chi connectivity index (χ0) is 22.1. The van der Waals surface area contributed by atoms with Crippen molar-refractivity contribution < 1.29 is 14.0 Å². The summed E-state index contributed by atoms with van der Waals surface area (Å²) in [6.07, 6.45) is 3.49. The van der Waals surface area contributed by atoms with Gasteiger partial charge in [-0.1, -0.05) is 17.7 Å². The van der Waals surface area contributed by atoms with Crippen molar-refractivity contribution in [3.8, 4) is 0 Å². The summed E-state index contributed by atoms with van der Waals surface area (Å²) in [4.78, 5) is 37.7. The molecule has 1 amide bonds. The van der Waals surface area contributed by atoms with Crippen molar-refractivity contribution in [3.63, 3.8) is 0 Å². The van der Waals surface area contributed by atoms with Crippen molar-refractivity contribution in [1.82, 2.24) is 14.9 Å². The number of rotatable bonds is 5. The Balaban J connectivity index is 1.52. The van der Waals surface area contributed by atoms with E-state index in [9.17, 15) is 9.59 Å². The lowest BCUT2D eigenvalue weighted by molar-refractivity contribution is -0.118. The maximum absolute atomic E-state index is 13.2. The molecule has 2 aliphatic rings. The van der Waals surface area contributed by atoms with E-state index in [1.165, 1.54) is 0 Å². The molecule has 1 fully saturated rings. The Labute approximate surface area is 186 Å². The second-order valence-electron chi connectivity index (χ2n) is 8.36. The van der Waals surface area contributed by atoms with Gasteiger partial charge in [0.2, 0.25) is 12.4 Å². The van der Waals surface area contributed by atoms with Crippen LogP contribution >= 0.6 is 0 Å². The second kappa shape index (κ2) is 8.45. The lowest BCUT2D eigenvalue weighted by atomic mass is 9.84. The lowest BCUT2D eigenvalue weighted by Gasteiger charge is -2.33. The first kappa shape index (κ1) is 20.2. The number of hydrogen-bond donors (Lipinski definition) is 1. The van der Waals surface area contributed by atoms with E-state index in [0.29, 0.717) is 56.4 Å². The highest BCUT2D eigenvalue weighted by atomic mass is 16.3. The first-order valence-corrected chi connectivity index (χ1v) is 10.9. The zero-order valence-electron chi connectivity index (χ0n) is 18.0. The predicted octanol–water partition coefficient (Wildman–Crippen LogP) is 3.31. The van der Waals surface area contributed by atoms with Gasteiger partial charge in [0.15, 0.2) is 5.78 Å². The van der Waals surface area contributed by atoms with E-state index in [0.717, 1.165) is 29.1 Å². The average molecular weight is 431 g/mol. The highest BCUT2D eigenvalue weighted by Gasteiger charge is 2.33. The van der Waals surface area contributed by atoms with E-state index in [-0.39, 0.29) is 11.7 Å². The number of aromatic nitrogens is 2. The van der Waals surface area contributed by atoms with Gasteiger partial charge in [0, 0.05) is 50.6 Å². The summed E-state index contributed by atoms with van der Waals surface area (Å²) in [5.41, 5.74) is 3.32. The standard InChI is InChI=1S/C24H25N5O3/c1-16-4-6-18(7-5-16)25-23-22-19(13-17(14-20(22)31)21-3-2-12-32-21)26-24(27-23)29-10-8-28(15-30)9-11-29/h2-7,12,15,17H,8-11,13-14H2,1H3,(H,25,26,27). The minimum Gasteiger partial charge on any atom is -0.469 e. The number of anilines is 3. The zero-order valence-corrected chi connectivity index (χ0v) is 18.0. The second-order valence-corrected chi connectivity index (χ2v) is 8.36. The maximum atomic E-state index is 13.2. The Morgan fingerprint density at radius 2 is 1.84 bits per heavy atom. The van der Waals surface area contributed by atoms with Crippen LogP contribution in [0.15, 0.2) is 47.1 Å². The van der Waals surface area contributed by atoms with Gasteiger partial charge in [-0.25, -0.2) is 4.98 Å². The van der Waals surface area contributed by atoms with Crippen LogP contribution in [0.5, 0.6) is 0 Å². The molecule has 1 aliphatic heterocycles. The average Bonchev–Trinajstić information content (AvgIpc) is 3.35. The molecule has 1 unspecified atom stereocenters. The molecule has 0 saturated carbocycles. The summed E-state index contributed by atoms with van der Waals surface area (Å²) in [5.74, 6) is 1.90. The molecule has 3 heterocycles. The molecular formula is C24H25N5O3. The lowest BCUT2D eigenvalue weighted by Crippen LogP contribution is -2.46. The van der Waals surface area contributed by atoms with E-state index in [1.54, 1.807) is 11.2 Å². The van der Waals surface area contributed by atoms with Gasteiger partial charge in [-0.3, -0.25) is 9.59 Å². The summed E-state index contributed by atoms with van der Waals surface area (Å²) in [6.45, 7) is 4.58. The number of carbonyl (C=O) groups excluding carboxylic acids is 2. The number of nitrogens with zero attached hydrogens (tertiary/aromatic N) is 4. The number of furan rings is 1. The van der Waals surface area contributed by atoms with Crippen LogP contribution in [0, 0.1) is 6.92 Å². The van der Waals surface area contributed by atoms with Gasteiger partial charge in [-0.15, -0.1) is 0 Å². The van der Waals surface area contributed by atoms with Crippen LogP contribution < -0.4 is 10.2 Å². The van der Waals surface area contributed by atoms with Crippen LogP contribution in [0.25, 0.3) is 0 Å². The van der Waals surface area contributed by atoms with Crippen molar-refractivity contribution in [2.24, 2.45) is 0 Å². The van der Waals surface area contributed by atoms with E-state index in [2.05, 4.69) is 10.2 Å². The highest BCUT2D eigenvalue weighted by molar-refractivity contribution is 6.03. The molecule has 8 heteroatoms. The van der Waals surface area contributed by atoms with Crippen LogP contribution in [0.4, 0.5) is 17.5 Å². The number of carbonyl (C=O) groups is 2. The number of piperazine rings is 1. The third-order valence-electron chi connectivity index (χ3n) is 6.13. The fourth-order valence-electron chi connectivity index (χ4n) is 4.32. The molecular weight excluding hydrogens is 406 g/mol. The van der Waals surface area contributed by atoms with Gasteiger partial charge in [0.05, 0.1) is 17.5 Å². The number of hydrogen-bond acceptors (Lipinski definition) is 7. The maximum Gasteiger partial charge on any atom is 0.227 e. The molecule has 5 rings (SSSR count). The van der Waals surface area contributed by atoms with E-state index >= 15 is 0 Å². The minimum absolute atomic E-state index is 0.0135. The molecule has 8 nitrogen and oxygen atoms in total. The third-order valence-corrected chi connectivity index (χ3v) is 6.13. The number of Topliss-reactive ketones (excluding diaryl/α,β-unsaturated/α-hetero) is 1. The molecule has 1 aromatic carbocycles. The normalized spacial score (nSPS) is 18.4. The molecule has 164 valence electrons. The molecule has 0 bridgehead atoms. The molecule has 1 aliphatic carbocycles.